The first kappa shape index (κ1) is 19.2. The molecule has 0 aromatic heterocycles. The molecule has 0 unspecified atom stereocenters. The number of carbonyl (C=O) groups is 1. The summed E-state index contributed by atoms with van der Waals surface area (Å²) in [5.41, 5.74) is 8.47. The van der Waals surface area contributed by atoms with Crippen LogP contribution in [-0.2, 0) is 4.74 Å². The van der Waals surface area contributed by atoms with Crippen LogP contribution >= 0.6 is 0 Å². The average molecular weight is 349 g/mol. The van der Waals surface area contributed by atoms with Gasteiger partial charge in [-0.25, -0.2) is 4.79 Å². The van der Waals surface area contributed by atoms with Crippen molar-refractivity contribution < 1.29 is 9.53 Å². The molecule has 1 aromatic rings. The number of nitrogens with zero attached hydrogens (tertiary/aromatic N) is 2. The van der Waals surface area contributed by atoms with Crippen LogP contribution in [0.5, 0.6) is 0 Å². The van der Waals surface area contributed by atoms with E-state index in [1.807, 2.05) is 40.0 Å². The smallest absolute Gasteiger partial charge is 0.407 e. The van der Waals surface area contributed by atoms with E-state index in [-0.39, 0.29) is 6.09 Å². The van der Waals surface area contributed by atoms with Gasteiger partial charge in [-0.05, 0) is 39.0 Å². The molecule has 4 N–H and O–H groups in total. The third-order valence-corrected chi connectivity index (χ3v) is 4.14. The van der Waals surface area contributed by atoms with Crippen molar-refractivity contribution in [3.05, 3.63) is 18.2 Å². The highest BCUT2D eigenvalue weighted by molar-refractivity contribution is 5.72. The van der Waals surface area contributed by atoms with E-state index >= 15 is 0 Å². The highest BCUT2D eigenvalue weighted by Crippen LogP contribution is 2.25. The van der Waals surface area contributed by atoms with Crippen LogP contribution in [0.25, 0.3) is 0 Å². The summed E-state index contributed by atoms with van der Waals surface area (Å²) in [6.45, 7) is 10.8. The van der Waals surface area contributed by atoms with E-state index in [9.17, 15) is 4.79 Å². The lowest BCUT2D eigenvalue weighted by molar-refractivity contribution is 0.0521. The van der Waals surface area contributed by atoms with Crippen molar-refractivity contribution >= 4 is 23.2 Å². The lowest BCUT2D eigenvalue weighted by Crippen LogP contribution is -2.48. The summed E-state index contributed by atoms with van der Waals surface area (Å²) in [5, 5.41) is 5.89. The quantitative estimate of drug-likeness (QED) is 0.705. The van der Waals surface area contributed by atoms with Crippen LogP contribution in [-0.4, -0.2) is 62.9 Å². The molecule has 1 aliphatic rings. The monoisotopic (exact) mass is 349 g/mol. The second-order valence-electron chi connectivity index (χ2n) is 7.28. The fourth-order valence-electron chi connectivity index (χ4n) is 2.83. The second kappa shape index (κ2) is 8.29. The van der Waals surface area contributed by atoms with Crippen molar-refractivity contribution in [3.63, 3.8) is 0 Å². The molecule has 1 heterocycles. The number of carbonyl (C=O) groups excluding carboxylic acids is 1. The Bertz CT molecular complexity index is 577. The standard InChI is InChI=1S/C18H31N5O2/c1-18(2,3)25-17(24)21-7-8-22-9-11-23(12-10-22)14-5-6-16(20-4)15(19)13-14/h5-6,13,20H,7-12,19H2,1-4H3,(H,21,24). The van der Waals surface area contributed by atoms with Crippen LogP contribution < -0.4 is 21.3 Å². The fraction of sp³-hybridized carbons (Fsp3) is 0.611. The number of nitrogen functional groups attached to an aromatic ring is 1. The molecule has 0 saturated carbocycles. The second-order valence-corrected chi connectivity index (χ2v) is 7.28. The minimum absolute atomic E-state index is 0.355. The van der Waals surface area contributed by atoms with Crippen LogP contribution in [0, 0.1) is 0 Å². The minimum atomic E-state index is -0.458. The molecule has 0 radical (unpaired) electrons. The first-order valence-corrected chi connectivity index (χ1v) is 8.80. The molecule has 0 bridgehead atoms. The summed E-state index contributed by atoms with van der Waals surface area (Å²) in [4.78, 5) is 16.3. The third-order valence-electron chi connectivity index (χ3n) is 4.14. The molecule has 1 aliphatic heterocycles. The van der Waals surface area contributed by atoms with Gasteiger partial charge in [0.15, 0.2) is 0 Å². The highest BCUT2D eigenvalue weighted by Gasteiger charge is 2.19. The van der Waals surface area contributed by atoms with Gasteiger partial charge in [0.05, 0.1) is 11.4 Å². The van der Waals surface area contributed by atoms with Crippen LogP contribution in [0.2, 0.25) is 0 Å². The van der Waals surface area contributed by atoms with Gasteiger partial charge >= 0.3 is 6.09 Å². The lowest BCUT2D eigenvalue weighted by atomic mass is 10.2. The first-order chi connectivity index (χ1) is 11.8. The Morgan fingerprint density at radius 3 is 2.48 bits per heavy atom. The maximum Gasteiger partial charge on any atom is 0.407 e. The zero-order valence-electron chi connectivity index (χ0n) is 15.8. The Morgan fingerprint density at radius 1 is 1.24 bits per heavy atom. The van der Waals surface area contributed by atoms with Gasteiger partial charge in [-0.2, -0.15) is 0 Å². The van der Waals surface area contributed by atoms with Crippen molar-refractivity contribution in [2.45, 2.75) is 26.4 Å². The van der Waals surface area contributed by atoms with Gasteiger partial charge in [-0.1, -0.05) is 0 Å². The molecule has 0 atom stereocenters. The van der Waals surface area contributed by atoms with Crippen molar-refractivity contribution in [1.29, 1.82) is 0 Å². The summed E-state index contributed by atoms with van der Waals surface area (Å²) in [6, 6.07) is 6.13. The Kier molecular flexibility index (Phi) is 6.36. The van der Waals surface area contributed by atoms with E-state index in [4.69, 9.17) is 10.5 Å². The van der Waals surface area contributed by atoms with E-state index in [0.29, 0.717) is 6.54 Å². The van der Waals surface area contributed by atoms with E-state index in [0.717, 1.165) is 49.8 Å². The number of piperazine rings is 1. The zero-order valence-corrected chi connectivity index (χ0v) is 15.8. The molecule has 25 heavy (non-hydrogen) atoms. The van der Waals surface area contributed by atoms with Crippen molar-refractivity contribution in [1.82, 2.24) is 10.2 Å². The Labute approximate surface area is 150 Å². The van der Waals surface area contributed by atoms with Gasteiger partial charge in [0, 0.05) is 52.0 Å². The number of hydrogen-bond acceptors (Lipinski definition) is 6. The number of ether oxygens (including phenoxy) is 1. The molecule has 2 rings (SSSR count). The van der Waals surface area contributed by atoms with Crippen molar-refractivity contribution in [2.75, 3.05) is 62.3 Å². The van der Waals surface area contributed by atoms with E-state index in [2.05, 4.69) is 26.5 Å². The van der Waals surface area contributed by atoms with Crippen LogP contribution in [0.4, 0.5) is 21.9 Å². The van der Waals surface area contributed by atoms with Gasteiger partial charge < -0.3 is 26.0 Å². The first-order valence-electron chi connectivity index (χ1n) is 8.80. The van der Waals surface area contributed by atoms with Crippen LogP contribution in [0.3, 0.4) is 0 Å². The summed E-state index contributed by atoms with van der Waals surface area (Å²) >= 11 is 0. The number of alkyl carbamates (subject to hydrolysis) is 1. The summed E-state index contributed by atoms with van der Waals surface area (Å²) in [7, 11) is 1.87. The summed E-state index contributed by atoms with van der Waals surface area (Å²) in [5.74, 6) is 0. The minimum Gasteiger partial charge on any atom is -0.444 e. The Hall–Kier alpha value is -2.15. The lowest BCUT2D eigenvalue weighted by Gasteiger charge is -2.36. The SMILES string of the molecule is CNc1ccc(N2CCN(CCNC(=O)OC(C)(C)C)CC2)cc1N. The molecule has 140 valence electrons. The van der Waals surface area contributed by atoms with Crippen LogP contribution in [0.1, 0.15) is 20.8 Å². The third kappa shape index (κ3) is 6.01. The predicted molar refractivity (Wildman–Crippen MR) is 103 cm³/mol. The van der Waals surface area contributed by atoms with Crippen molar-refractivity contribution in [3.8, 4) is 0 Å². The molecular weight excluding hydrogens is 318 g/mol. The maximum absolute atomic E-state index is 11.6. The topological polar surface area (TPSA) is 82.9 Å². The number of benzene rings is 1. The largest absolute Gasteiger partial charge is 0.444 e. The van der Waals surface area contributed by atoms with Gasteiger partial charge in [0.1, 0.15) is 5.60 Å². The van der Waals surface area contributed by atoms with Crippen LogP contribution in [0.15, 0.2) is 18.2 Å². The molecule has 7 heteroatoms. The number of rotatable bonds is 5. The molecule has 7 nitrogen and oxygen atoms in total. The van der Waals surface area contributed by atoms with Crippen molar-refractivity contribution in [2.24, 2.45) is 0 Å². The van der Waals surface area contributed by atoms with E-state index < -0.39 is 5.60 Å². The van der Waals surface area contributed by atoms with E-state index in [1.165, 1.54) is 0 Å². The van der Waals surface area contributed by atoms with E-state index in [1.54, 1.807) is 0 Å². The predicted octanol–water partition coefficient (Wildman–Crippen LogP) is 1.96. The molecule has 0 spiro atoms. The molecule has 1 aromatic carbocycles. The summed E-state index contributed by atoms with van der Waals surface area (Å²) in [6.07, 6.45) is -0.355. The zero-order chi connectivity index (χ0) is 18.4. The number of hydrogen-bond donors (Lipinski definition) is 3. The van der Waals surface area contributed by atoms with Gasteiger partial charge in [-0.3, -0.25) is 4.90 Å². The number of nitrogens with two attached hydrogens (primary N) is 1. The number of amides is 1. The number of nitrogens with one attached hydrogen (secondary N) is 2. The summed E-state index contributed by atoms with van der Waals surface area (Å²) < 4.78 is 5.24. The molecule has 1 saturated heterocycles. The fourth-order valence-corrected chi connectivity index (χ4v) is 2.83. The van der Waals surface area contributed by atoms with Gasteiger partial charge in [0.2, 0.25) is 0 Å². The molecule has 0 aliphatic carbocycles. The normalized spacial score (nSPS) is 15.8. The molecule has 1 fully saturated rings. The molecular formula is C18H31N5O2. The average Bonchev–Trinajstić information content (AvgIpc) is 2.54. The molecule has 1 amide bonds. The Balaban J connectivity index is 1.73. The highest BCUT2D eigenvalue weighted by atomic mass is 16.6. The number of anilines is 3. The maximum atomic E-state index is 11.6. The van der Waals surface area contributed by atoms with Gasteiger partial charge in [-0.15, -0.1) is 0 Å². The van der Waals surface area contributed by atoms with Gasteiger partial charge in [0.25, 0.3) is 0 Å². The Morgan fingerprint density at radius 2 is 1.92 bits per heavy atom.